The third-order valence-electron chi connectivity index (χ3n) is 3.46. The van der Waals surface area contributed by atoms with Gasteiger partial charge >= 0.3 is 5.54 Å². The van der Waals surface area contributed by atoms with Gasteiger partial charge in [0, 0.05) is 0 Å². The van der Waals surface area contributed by atoms with Crippen LogP contribution in [-0.4, -0.2) is 5.54 Å². The molecule has 0 aromatic rings. The number of rotatable bonds is 1. The van der Waals surface area contributed by atoms with Crippen molar-refractivity contribution < 1.29 is 0 Å². The molecule has 0 aromatic carbocycles. The van der Waals surface area contributed by atoms with Crippen molar-refractivity contribution in [3.63, 3.8) is 0 Å². The van der Waals surface area contributed by atoms with Crippen LogP contribution in [0.15, 0.2) is 22.7 Å². The SMILES string of the molecule is CC(C)(C)C1=CCC(B(Cl)Cl)=C(C(C)(C)C)C1. The quantitative estimate of drug-likeness (QED) is 0.431. The van der Waals surface area contributed by atoms with Gasteiger partial charge in [0.05, 0.1) is 0 Å². The van der Waals surface area contributed by atoms with Gasteiger partial charge in [-0.15, -0.1) is 0 Å². The molecule has 96 valence electrons. The van der Waals surface area contributed by atoms with Gasteiger partial charge in [0.2, 0.25) is 0 Å². The maximum absolute atomic E-state index is 6.10. The van der Waals surface area contributed by atoms with E-state index in [0.29, 0.717) is 0 Å². The Morgan fingerprint density at radius 1 is 1.00 bits per heavy atom. The smallest absolute Gasteiger partial charge is 0.165 e. The lowest BCUT2D eigenvalue weighted by molar-refractivity contribution is 0.441. The molecule has 0 saturated carbocycles. The van der Waals surface area contributed by atoms with Gasteiger partial charge in [-0.3, -0.25) is 0 Å². The number of hydrogen-bond acceptors (Lipinski definition) is 0. The molecule has 0 spiro atoms. The van der Waals surface area contributed by atoms with Crippen molar-refractivity contribution in [2.45, 2.75) is 54.4 Å². The van der Waals surface area contributed by atoms with Crippen molar-refractivity contribution >= 4 is 28.5 Å². The summed E-state index contributed by atoms with van der Waals surface area (Å²) in [6, 6.07) is 0. The Hall–Kier alpha value is 0.125. The second-order valence-corrected chi connectivity index (χ2v) is 8.01. The molecule has 1 rings (SSSR count). The summed E-state index contributed by atoms with van der Waals surface area (Å²) in [5.74, 6) is 0. The van der Waals surface area contributed by atoms with E-state index < -0.39 is 0 Å². The van der Waals surface area contributed by atoms with E-state index >= 15 is 0 Å². The molecule has 0 unspecified atom stereocenters. The van der Waals surface area contributed by atoms with E-state index in [1.54, 1.807) is 0 Å². The van der Waals surface area contributed by atoms with Crippen LogP contribution in [0.1, 0.15) is 54.4 Å². The molecule has 0 saturated heterocycles. The minimum atomic E-state index is -0.373. The molecule has 1 aliphatic carbocycles. The summed E-state index contributed by atoms with van der Waals surface area (Å²) in [6.45, 7) is 13.5. The van der Waals surface area contributed by atoms with Crippen molar-refractivity contribution in [2.75, 3.05) is 0 Å². The lowest BCUT2D eigenvalue weighted by Gasteiger charge is -2.35. The van der Waals surface area contributed by atoms with Gasteiger partial charge in [-0.1, -0.05) is 64.2 Å². The Morgan fingerprint density at radius 2 is 1.53 bits per heavy atom. The Labute approximate surface area is 116 Å². The lowest BCUT2D eigenvalue weighted by atomic mass is 9.66. The first-order valence-electron chi connectivity index (χ1n) is 6.23. The first-order chi connectivity index (χ1) is 7.53. The van der Waals surface area contributed by atoms with Crippen LogP contribution < -0.4 is 0 Å². The largest absolute Gasteiger partial charge is 0.379 e. The van der Waals surface area contributed by atoms with Gasteiger partial charge in [-0.2, -0.15) is 22.9 Å². The summed E-state index contributed by atoms with van der Waals surface area (Å²) in [5, 5.41) is 0. The molecule has 0 aromatic heterocycles. The molecule has 0 fully saturated rings. The van der Waals surface area contributed by atoms with Crippen LogP contribution in [0.3, 0.4) is 0 Å². The molecule has 0 atom stereocenters. The second kappa shape index (κ2) is 5.01. The molecule has 0 N–H and O–H groups in total. The summed E-state index contributed by atoms with van der Waals surface area (Å²) < 4.78 is 0. The topological polar surface area (TPSA) is 0 Å². The van der Waals surface area contributed by atoms with E-state index in [4.69, 9.17) is 22.9 Å². The van der Waals surface area contributed by atoms with Crippen molar-refractivity contribution in [3.8, 4) is 0 Å². The molecule has 0 bridgehead atoms. The minimum Gasteiger partial charge on any atom is -0.165 e. The molecule has 1 aliphatic rings. The molecule has 0 nitrogen and oxygen atoms in total. The number of allylic oxidation sites excluding steroid dienone is 4. The van der Waals surface area contributed by atoms with Crippen molar-refractivity contribution in [1.82, 2.24) is 0 Å². The normalized spacial score (nSPS) is 18.2. The monoisotopic (exact) mass is 272 g/mol. The summed E-state index contributed by atoms with van der Waals surface area (Å²) in [7, 11) is 0. The first-order valence-corrected chi connectivity index (χ1v) is 7.11. The third kappa shape index (κ3) is 3.79. The van der Waals surface area contributed by atoms with Crippen LogP contribution >= 0.6 is 22.9 Å². The standard InChI is InChI=1S/C14H23BCl2/c1-13(2,3)10-7-8-12(15(16)17)11(9-10)14(4,5)6/h7H,8-9H2,1-6H3. The van der Waals surface area contributed by atoms with Crippen LogP contribution in [0.2, 0.25) is 0 Å². The highest BCUT2D eigenvalue weighted by Gasteiger charge is 2.31. The Balaban J connectivity index is 3.09. The van der Waals surface area contributed by atoms with Crippen molar-refractivity contribution in [3.05, 3.63) is 22.7 Å². The zero-order valence-corrected chi connectivity index (χ0v) is 13.3. The molecule has 0 amide bonds. The molecular formula is C14H23BCl2. The fourth-order valence-electron chi connectivity index (χ4n) is 2.27. The average Bonchev–Trinajstić information content (AvgIpc) is 2.14. The zero-order valence-electron chi connectivity index (χ0n) is 11.8. The molecule has 3 heteroatoms. The third-order valence-corrected chi connectivity index (χ3v) is 3.98. The van der Waals surface area contributed by atoms with Crippen LogP contribution in [0.25, 0.3) is 0 Å². The van der Waals surface area contributed by atoms with E-state index in [9.17, 15) is 0 Å². The number of halogens is 2. The summed E-state index contributed by atoms with van der Waals surface area (Å²) in [4.78, 5) is 0. The van der Waals surface area contributed by atoms with Crippen LogP contribution in [0.4, 0.5) is 0 Å². The molecule has 0 heterocycles. The predicted octanol–water partition coefficient (Wildman–Crippen LogP) is 5.60. The highest BCUT2D eigenvalue weighted by molar-refractivity contribution is 7.37. The summed E-state index contributed by atoms with van der Waals surface area (Å²) in [5.41, 5.74) is 4.12. The fraction of sp³-hybridized carbons (Fsp3) is 0.714. The highest BCUT2D eigenvalue weighted by Crippen LogP contribution is 2.43. The second-order valence-electron chi connectivity index (χ2n) is 6.91. The van der Waals surface area contributed by atoms with E-state index in [1.807, 2.05) is 0 Å². The van der Waals surface area contributed by atoms with Gasteiger partial charge in [0.1, 0.15) is 0 Å². The van der Waals surface area contributed by atoms with E-state index in [0.717, 1.165) is 12.8 Å². The minimum absolute atomic E-state index is 0.141. The van der Waals surface area contributed by atoms with Gasteiger partial charge in [0.25, 0.3) is 0 Å². The first kappa shape index (κ1) is 15.2. The van der Waals surface area contributed by atoms with Gasteiger partial charge in [0.15, 0.2) is 0 Å². The van der Waals surface area contributed by atoms with Gasteiger partial charge in [-0.05, 0) is 23.7 Å². The van der Waals surface area contributed by atoms with E-state index in [2.05, 4.69) is 47.6 Å². The molecule has 0 radical (unpaired) electrons. The highest BCUT2D eigenvalue weighted by atomic mass is 35.5. The predicted molar refractivity (Wildman–Crippen MR) is 80.7 cm³/mol. The fourth-order valence-corrected chi connectivity index (χ4v) is 2.71. The average molecular weight is 273 g/mol. The maximum atomic E-state index is 6.10. The Bertz CT molecular complexity index is 351. The van der Waals surface area contributed by atoms with Gasteiger partial charge < -0.3 is 0 Å². The number of hydrogen-bond donors (Lipinski definition) is 0. The molecule has 17 heavy (non-hydrogen) atoms. The summed E-state index contributed by atoms with van der Waals surface area (Å²) >= 11 is 12.2. The van der Waals surface area contributed by atoms with Crippen molar-refractivity contribution in [2.24, 2.45) is 10.8 Å². The zero-order chi connectivity index (χ0) is 13.4. The van der Waals surface area contributed by atoms with E-state index in [-0.39, 0.29) is 16.4 Å². The van der Waals surface area contributed by atoms with Gasteiger partial charge in [-0.25, -0.2) is 0 Å². The Kier molecular flexibility index (Phi) is 4.48. The summed E-state index contributed by atoms with van der Waals surface area (Å²) in [6.07, 6.45) is 4.22. The van der Waals surface area contributed by atoms with Crippen LogP contribution in [0, 0.1) is 10.8 Å². The van der Waals surface area contributed by atoms with Crippen molar-refractivity contribution in [1.29, 1.82) is 0 Å². The molecule has 0 aliphatic heterocycles. The molecular weight excluding hydrogens is 250 g/mol. The lowest BCUT2D eigenvalue weighted by Crippen LogP contribution is -2.23. The van der Waals surface area contributed by atoms with Crippen LogP contribution in [0.5, 0.6) is 0 Å². The maximum Gasteiger partial charge on any atom is 0.379 e. The Morgan fingerprint density at radius 3 is 1.88 bits per heavy atom. The van der Waals surface area contributed by atoms with E-state index in [1.165, 1.54) is 16.6 Å². The van der Waals surface area contributed by atoms with Crippen LogP contribution in [-0.2, 0) is 0 Å².